The van der Waals surface area contributed by atoms with Gasteiger partial charge in [0.1, 0.15) is 5.58 Å². The fourth-order valence-corrected chi connectivity index (χ4v) is 16.3. The second kappa shape index (κ2) is 13.9. The number of para-hydroxylation sites is 4. The van der Waals surface area contributed by atoms with Crippen LogP contribution in [0.1, 0.15) is 48.2 Å². The molecule has 12 aromatic rings. The second-order valence-corrected chi connectivity index (χ2v) is 22.2. The van der Waals surface area contributed by atoms with Gasteiger partial charge in [-0.05, 0) is 162 Å². The van der Waals surface area contributed by atoms with Gasteiger partial charge in [-0.3, -0.25) is 0 Å². The summed E-state index contributed by atoms with van der Waals surface area (Å²) in [6, 6.07) is 64.6. The Labute approximate surface area is 421 Å². The van der Waals surface area contributed by atoms with E-state index in [0.717, 1.165) is 53.7 Å². The molecule has 0 atom stereocenters. The molecule has 0 fully saturated rings. The maximum Gasteiger partial charge on any atom is 0.297 e. The average molecular weight is 939 g/mol. The molecule has 72 heavy (non-hydrogen) atoms. The van der Waals surface area contributed by atoms with Gasteiger partial charge in [-0.2, -0.15) is 0 Å². The zero-order valence-corrected chi connectivity index (χ0v) is 40.4. The summed E-state index contributed by atoms with van der Waals surface area (Å²) >= 11 is 1.99. The molecule has 5 nitrogen and oxygen atoms in total. The highest BCUT2D eigenvalue weighted by Crippen LogP contribution is 2.49. The lowest BCUT2D eigenvalue weighted by atomic mass is 9.36. The number of hydrogen-bond donors (Lipinski definition) is 0. The predicted octanol–water partition coefficient (Wildman–Crippen LogP) is 12.2. The lowest BCUT2D eigenvalue weighted by Gasteiger charge is -2.39. The molecule has 0 spiro atoms. The summed E-state index contributed by atoms with van der Waals surface area (Å²) in [5.74, 6) is 0. The molecule has 8 heterocycles. The van der Waals surface area contributed by atoms with E-state index in [1.807, 2.05) is 11.3 Å². The molecule has 0 saturated heterocycles. The minimum atomic E-state index is -0.0126. The Bertz CT molecular complexity index is 4400. The van der Waals surface area contributed by atoms with Crippen LogP contribution in [-0.2, 0) is 25.7 Å². The molecule has 8 heteroatoms. The van der Waals surface area contributed by atoms with Crippen molar-refractivity contribution in [1.82, 2.24) is 9.13 Å². The van der Waals surface area contributed by atoms with E-state index >= 15 is 0 Å². The van der Waals surface area contributed by atoms with E-state index in [0.29, 0.717) is 0 Å². The van der Waals surface area contributed by atoms with Crippen molar-refractivity contribution >= 4 is 134 Å². The van der Waals surface area contributed by atoms with Crippen LogP contribution in [0.2, 0.25) is 0 Å². The van der Waals surface area contributed by atoms with Crippen molar-refractivity contribution in [3.63, 3.8) is 0 Å². The Balaban J connectivity index is 0.833. The van der Waals surface area contributed by atoms with Crippen LogP contribution in [0.15, 0.2) is 174 Å². The monoisotopic (exact) mass is 938 g/mol. The standard InChI is InChI=1S/C64H44B2N4OS/c1-2-16-39(17-3-1)67-52-29-14-31-54-58(52)66(48-25-12-23-44-42-20-5-8-27-50(42)70(54)60(44)48)64-62(67)46-34-33-38(36-56(46)72-64)37-15-10-18-40(35-37)68-51-28-13-30-53-57(51)65(63-61(68)45-21-6-9-32-55(45)71-63)47-24-11-22-43-41-19-4-7-26-49(41)69(53)59(43)47/h1-3,6,9-18,21-25,28-36H,4-5,7-8,19-20,26-27H2. The maximum atomic E-state index is 7.14. The second-order valence-electron chi connectivity index (χ2n) is 21.1. The van der Waals surface area contributed by atoms with Crippen LogP contribution in [0, 0.1) is 0 Å². The van der Waals surface area contributed by atoms with E-state index in [1.165, 1.54) is 141 Å². The quantitative estimate of drug-likeness (QED) is 0.165. The summed E-state index contributed by atoms with van der Waals surface area (Å²) in [6.07, 6.45) is 9.55. The fraction of sp³-hybridized carbons (Fsp3) is 0.125. The number of furan rings is 1. The van der Waals surface area contributed by atoms with Crippen LogP contribution in [-0.4, -0.2) is 22.6 Å². The summed E-state index contributed by atoms with van der Waals surface area (Å²) in [7, 11) is 0. The van der Waals surface area contributed by atoms with Crippen LogP contribution >= 0.6 is 11.3 Å². The fourth-order valence-electron chi connectivity index (χ4n) is 14.9. The van der Waals surface area contributed by atoms with Crippen LogP contribution in [0.5, 0.6) is 0 Å². The van der Waals surface area contributed by atoms with Gasteiger partial charge in [0, 0.05) is 87.6 Å². The van der Waals surface area contributed by atoms with Gasteiger partial charge in [-0.1, -0.05) is 103 Å². The zero-order chi connectivity index (χ0) is 46.5. The first-order chi connectivity index (χ1) is 35.8. The normalized spacial score (nSPS) is 15.5. The summed E-state index contributed by atoms with van der Waals surface area (Å²) in [4.78, 5) is 5.10. The smallest absolute Gasteiger partial charge is 0.297 e. The molecule has 4 aliphatic heterocycles. The Morgan fingerprint density at radius 1 is 0.431 bits per heavy atom. The Morgan fingerprint density at radius 2 is 1.00 bits per heavy atom. The molecule has 8 aromatic carbocycles. The number of benzene rings is 8. The third kappa shape index (κ3) is 4.78. The molecule has 0 bridgehead atoms. The molecule has 338 valence electrons. The number of hydrogen-bond acceptors (Lipinski definition) is 4. The first kappa shape index (κ1) is 38.8. The van der Waals surface area contributed by atoms with Crippen LogP contribution in [0.3, 0.4) is 0 Å². The van der Waals surface area contributed by atoms with E-state index < -0.39 is 0 Å². The van der Waals surface area contributed by atoms with Crippen molar-refractivity contribution < 1.29 is 4.42 Å². The van der Waals surface area contributed by atoms with Crippen LogP contribution in [0.25, 0.3) is 65.4 Å². The maximum absolute atomic E-state index is 7.14. The minimum absolute atomic E-state index is 0.0126. The van der Waals surface area contributed by atoms with E-state index in [-0.39, 0.29) is 13.4 Å². The molecular formula is C64H44B2N4OS. The summed E-state index contributed by atoms with van der Waals surface area (Å²) in [5.41, 5.74) is 28.8. The zero-order valence-electron chi connectivity index (χ0n) is 39.6. The molecule has 0 N–H and O–H groups in total. The SMILES string of the molecule is c1ccc(N2c3cccc4c3B(c3sc5cc(-c6cccc(N7c8cccc9c8B(c8oc%10ccccc%10c87)c7cccc8c%10c(n-9c78)CCCC%10)c6)ccc5c32)c2cccc3c5c(n-4c23)CCCC5)cc1. The average Bonchev–Trinajstić information content (AvgIpc) is 4.20. The third-order valence-electron chi connectivity index (χ3n) is 17.6. The van der Waals surface area contributed by atoms with Crippen molar-refractivity contribution in [2.75, 3.05) is 9.80 Å². The van der Waals surface area contributed by atoms with Gasteiger partial charge in [0.15, 0.2) is 0 Å². The van der Waals surface area contributed by atoms with Gasteiger partial charge in [-0.15, -0.1) is 11.3 Å². The molecule has 0 unspecified atom stereocenters. The number of aryl methyl sites for hydroxylation is 2. The van der Waals surface area contributed by atoms with Crippen LogP contribution in [0.4, 0.5) is 34.1 Å². The van der Waals surface area contributed by atoms with Gasteiger partial charge in [0.2, 0.25) is 0 Å². The lowest BCUT2D eigenvalue weighted by molar-refractivity contribution is 0.651. The van der Waals surface area contributed by atoms with Crippen LogP contribution < -0.4 is 42.1 Å². The predicted molar refractivity (Wildman–Crippen MR) is 303 cm³/mol. The van der Waals surface area contributed by atoms with E-state index in [2.05, 4.69) is 189 Å². The first-order valence-electron chi connectivity index (χ1n) is 26.2. The highest BCUT2D eigenvalue weighted by atomic mass is 32.1. The molecular weight excluding hydrogens is 894 g/mol. The van der Waals surface area contributed by atoms with Crippen molar-refractivity contribution in [1.29, 1.82) is 0 Å². The summed E-state index contributed by atoms with van der Waals surface area (Å²) in [6.45, 7) is 0.128. The number of anilines is 6. The van der Waals surface area contributed by atoms with Gasteiger partial charge in [0.25, 0.3) is 13.4 Å². The van der Waals surface area contributed by atoms with Crippen molar-refractivity contribution in [2.24, 2.45) is 0 Å². The molecule has 4 aromatic heterocycles. The molecule has 0 amide bonds. The third-order valence-corrected chi connectivity index (χ3v) is 18.8. The number of thiophene rings is 1. The molecule has 18 rings (SSSR count). The first-order valence-corrected chi connectivity index (χ1v) is 27.0. The van der Waals surface area contributed by atoms with Gasteiger partial charge in [0.05, 0.1) is 17.0 Å². The molecule has 2 aliphatic carbocycles. The van der Waals surface area contributed by atoms with Crippen molar-refractivity contribution in [2.45, 2.75) is 51.4 Å². The largest absolute Gasteiger partial charge is 0.468 e. The van der Waals surface area contributed by atoms with Gasteiger partial charge in [-0.25, -0.2) is 0 Å². The number of rotatable bonds is 3. The summed E-state index contributed by atoms with van der Waals surface area (Å²) < 4.78 is 15.2. The summed E-state index contributed by atoms with van der Waals surface area (Å²) in [5, 5.41) is 5.32. The topological polar surface area (TPSA) is 29.5 Å². The number of aromatic nitrogens is 2. The molecule has 0 radical (unpaired) electrons. The van der Waals surface area contributed by atoms with E-state index in [4.69, 9.17) is 4.42 Å². The molecule has 6 aliphatic rings. The van der Waals surface area contributed by atoms with Crippen molar-refractivity contribution in [3.05, 3.63) is 192 Å². The highest BCUT2D eigenvalue weighted by molar-refractivity contribution is 7.33. The van der Waals surface area contributed by atoms with Gasteiger partial charge < -0.3 is 23.4 Å². The van der Waals surface area contributed by atoms with E-state index in [1.54, 1.807) is 11.1 Å². The Hall–Kier alpha value is -7.93. The lowest BCUT2D eigenvalue weighted by Crippen LogP contribution is -2.60. The van der Waals surface area contributed by atoms with E-state index in [9.17, 15) is 0 Å². The number of nitrogens with zero attached hydrogens (tertiary/aromatic N) is 4. The Morgan fingerprint density at radius 3 is 1.74 bits per heavy atom. The Kier molecular flexibility index (Phi) is 7.50. The van der Waals surface area contributed by atoms with Gasteiger partial charge >= 0.3 is 0 Å². The minimum Gasteiger partial charge on any atom is -0.468 e. The van der Waals surface area contributed by atoms with Crippen molar-refractivity contribution in [3.8, 4) is 22.5 Å². The number of fused-ring (bicyclic) bond motifs is 18. The highest BCUT2D eigenvalue weighted by Gasteiger charge is 2.47. The molecule has 0 saturated carbocycles.